The first-order valence-electron chi connectivity index (χ1n) is 9.05. The van der Waals surface area contributed by atoms with Crippen molar-refractivity contribution >= 4 is 28.3 Å². The van der Waals surface area contributed by atoms with E-state index in [2.05, 4.69) is 29.5 Å². The first-order valence-corrected chi connectivity index (χ1v) is 9.93. The number of carbonyl (C=O) groups is 2. The zero-order valence-electron chi connectivity index (χ0n) is 16.2. The minimum Gasteiger partial charge on any atom is -0.381 e. The van der Waals surface area contributed by atoms with E-state index in [1.807, 2.05) is 36.6 Å². The first-order chi connectivity index (χ1) is 12.8. The van der Waals surface area contributed by atoms with Gasteiger partial charge in [-0.2, -0.15) is 0 Å². The van der Waals surface area contributed by atoms with E-state index >= 15 is 0 Å². The van der Waals surface area contributed by atoms with Gasteiger partial charge in [0.25, 0.3) is 0 Å². The summed E-state index contributed by atoms with van der Waals surface area (Å²) >= 11 is 1.39. The minimum absolute atomic E-state index is 0.0419. The summed E-state index contributed by atoms with van der Waals surface area (Å²) in [5, 5.41) is 8.17. The summed E-state index contributed by atoms with van der Waals surface area (Å²) in [4.78, 5) is 27.6. The molecule has 2 aromatic rings. The van der Waals surface area contributed by atoms with Crippen LogP contribution < -0.4 is 10.6 Å². The lowest BCUT2D eigenvalue weighted by Crippen LogP contribution is -2.23. The van der Waals surface area contributed by atoms with Gasteiger partial charge >= 0.3 is 0 Å². The Hall–Kier alpha value is -2.25. The van der Waals surface area contributed by atoms with Gasteiger partial charge in [-0.3, -0.25) is 9.59 Å². The minimum atomic E-state index is -0.0980. The summed E-state index contributed by atoms with van der Waals surface area (Å²) in [6, 6.07) is 7.83. The molecule has 1 aromatic carbocycles. The van der Waals surface area contributed by atoms with Crippen molar-refractivity contribution in [2.75, 3.05) is 18.5 Å². The first kappa shape index (κ1) is 21.1. The molecule has 2 N–H and O–H groups in total. The van der Waals surface area contributed by atoms with Gasteiger partial charge in [0, 0.05) is 24.5 Å². The van der Waals surface area contributed by atoms with Crippen molar-refractivity contribution in [3.8, 4) is 11.3 Å². The number of amides is 2. The summed E-state index contributed by atoms with van der Waals surface area (Å²) in [7, 11) is 0. The van der Waals surface area contributed by atoms with Crippen molar-refractivity contribution in [1.29, 1.82) is 0 Å². The fourth-order valence-corrected chi connectivity index (χ4v) is 3.20. The Balaban J connectivity index is 1.89. The number of carbonyl (C=O) groups excluding carboxylic acids is 2. The molecular weight excluding hydrogens is 362 g/mol. The van der Waals surface area contributed by atoms with Gasteiger partial charge in [-0.25, -0.2) is 4.98 Å². The maximum absolute atomic E-state index is 12.0. The summed E-state index contributed by atoms with van der Waals surface area (Å²) in [6.07, 6.45) is 0.317. The molecule has 27 heavy (non-hydrogen) atoms. The molecule has 0 radical (unpaired) electrons. The Morgan fingerprint density at radius 1 is 1.19 bits per heavy atom. The molecule has 146 valence electrons. The Bertz CT molecular complexity index is 756. The van der Waals surface area contributed by atoms with E-state index < -0.39 is 0 Å². The molecular formula is C20H27N3O3S. The molecule has 0 spiro atoms. The number of benzene rings is 1. The van der Waals surface area contributed by atoms with Gasteiger partial charge in [-0.05, 0) is 18.4 Å². The predicted molar refractivity (Wildman–Crippen MR) is 109 cm³/mol. The smallest absolute Gasteiger partial charge is 0.228 e. The second-order valence-electron chi connectivity index (χ2n) is 6.85. The van der Waals surface area contributed by atoms with E-state index in [1.165, 1.54) is 18.3 Å². The number of anilines is 1. The van der Waals surface area contributed by atoms with Gasteiger partial charge in [0.05, 0.1) is 24.8 Å². The van der Waals surface area contributed by atoms with Gasteiger partial charge in [0.2, 0.25) is 11.8 Å². The maximum atomic E-state index is 12.0. The molecule has 0 aliphatic heterocycles. The number of hydrogen-bond acceptors (Lipinski definition) is 5. The van der Waals surface area contributed by atoms with Crippen LogP contribution in [0.4, 0.5) is 5.13 Å². The number of nitrogens with zero attached hydrogens (tertiary/aromatic N) is 1. The number of thiazole rings is 1. The fourth-order valence-electron chi connectivity index (χ4n) is 2.46. The third-order valence-corrected chi connectivity index (χ3v) is 4.56. The van der Waals surface area contributed by atoms with E-state index in [4.69, 9.17) is 4.74 Å². The third kappa shape index (κ3) is 7.11. The fraction of sp³-hybridized carbons (Fsp3) is 0.450. The van der Waals surface area contributed by atoms with Gasteiger partial charge in [-0.15, -0.1) is 11.3 Å². The molecule has 1 heterocycles. The summed E-state index contributed by atoms with van der Waals surface area (Å²) in [5.41, 5.74) is 2.80. The highest BCUT2D eigenvalue weighted by Crippen LogP contribution is 2.26. The molecule has 0 saturated heterocycles. The number of rotatable bonds is 9. The van der Waals surface area contributed by atoms with Crippen molar-refractivity contribution in [1.82, 2.24) is 10.3 Å². The number of hydrogen-bond donors (Lipinski definition) is 2. The zero-order valence-corrected chi connectivity index (χ0v) is 17.1. The van der Waals surface area contributed by atoms with E-state index in [1.54, 1.807) is 0 Å². The topological polar surface area (TPSA) is 80.3 Å². The molecule has 2 rings (SSSR count). The van der Waals surface area contributed by atoms with Crippen molar-refractivity contribution in [2.45, 2.75) is 40.2 Å². The van der Waals surface area contributed by atoms with Gasteiger partial charge in [0.1, 0.15) is 0 Å². The van der Waals surface area contributed by atoms with Crippen LogP contribution in [-0.2, 0) is 14.3 Å². The summed E-state index contributed by atoms with van der Waals surface area (Å²) in [5.74, 6) is 0.308. The lowest BCUT2D eigenvalue weighted by atomic mass is 10.1. The molecule has 7 heteroatoms. The molecule has 1 atom stereocenters. The van der Waals surface area contributed by atoms with Crippen LogP contribution in [0.2, 0.25) is 0 Å². The third-order valence-electron chi connectivity index (χ3n) is 3.80. The largest absolute Gasteiger partial charge is 0.381 e. The number of ether oxygens (including phenoxy) is 1. The average Bonchev–Trinajstić information content (AvgIpc) is 3.06. The van der Waals surface area contributed by atoms with Crippen LogP contribution in [-0.4, -0.2) is 30.0 Å². The highest BCUT2D eigenvalue weighted by Gasteiger charge is 2.10. The highest BCUT2D eigenvalue weighted by molar-refractivity contribution is 7.14. The monoisotopic (exact) mass is 389 g/mol. The van der Waals surface area contributed by atoms with Crippen molar-refractivity contribution in [3.63, 3.8) is 0 Å². The molecule has 0 aliphatic carbocycles. The summed E-state index contributed by atoms with van der Waals surface area (Å²) < 4.78 is 5.43. The van der Waals surface area contributed by atoms with Crippen LogP contribution >= 0.6 is 11.3 Å². The molecule has 1 unspecified atom stereocenters. The van der Waals surface area contributed by atoms with E-state index in [-0.39, 0.29) is 17.9 Å². The van der Waals surface area contributed by atoms with Crippen molar-refractivity contribution in [3.05, 3.63) is 35.2 Å². The number of nitrogens with one attached hydrogen (secondary N) is 2. The Morgan fingerprint density at radius 2 is 1.89 bits per heavy atom. The van der Waals surface area contributed by atoms with Crippen LogP contribution in [0.25, 0.3) is 11.3 Å². The second kappa shape index (κ2) is 10.2. The zero-order chi connectivity index (χ0) is 19.8. The average molecular weight is 390 g/mol. The lowest BCUT2D eigenvalue weighted by molar-refractivity contribution is -0.119. The molecule has 2 amide bonds. The van der Waals surface area contributed by atoms with Crippen LogP contribution in [0.5, 0.6) is 0 Å². The van der Waals surface area contributed by atoms with Crippen LogP contribution in [0.3, 0.4) is 0 Å². The lowest BCUT2D eigenvalue weighted by Gasteiger charge is -2.13. The Morgan fingerprint density at radius 3 is 2.52 bits per heavy atom. The predicted octanol–water partition coefficient (Wildman–Crippen LogP) is 4.01. The van der Waals surface area contributed by atoms with E-state index in [9.17, 15) is 9.59 Å². The maximum Gasteiger partial charge on any atom is 0.228 e. The van der Waals surface area contributed by atoms with E-state index in [0.717, 1.165) is 16.8 Å². The van der Waals surface area contributed by atoms with Crippen LogP contribution in [0.15, 0.2) is 29.6 Å². The quantitative estimate of drug-likeness (QED) is 0.635. The SMILES string of the molecule is CC(=O)NC(C)c1ccc(-c2csc(NC(=O)CCOCC(C)C)n2)cc1. The Kier molecular flexibility index (Phi) is 7.94. The molecule has 6 nitrogen and oxygen atoms in total. The molecule has 0 bridgehead atoms. The molecule has 0 aliphatic rings. The highest BCUT2D eigenvalue weighted by atomic mass is 32.1. The number of aromatic nitrogens is 1. The normalized spacial score (nSPS) is 12.0. The van der Waals surface area contributed by atoms with Gasteiger partial charge in [0.15, 0.2) is 5.13 Å². The Labute approximate surface area is 164 Å². The standard InChI is InChI=1S/C20H27N3O3S/c1-13(2)11-26-10-9-19(25)23-20-22-18(12-27-20)17-7-5-16(6-8-17)14(3)21-15(4)24/h5-8,12-14H,9-11H2,1-4H3,(H,21,24)(H,22,23,25). The van der Waals surface area contributed by atoms with Gasteiger partial charge < -0.3 is 15.4 Å². The van der Waals surface area contributed by atoms with E-state index in [0.29, 0.717) is 30.7 Å². The van der Waals surface area contributed by atoms with Gasteiger partial charge in [-0.1, -0.05) is 38.1 Å². The van der Waals surface area contributed by atoms with Crippen molar-refractivity contribution in [2.24, 2.45) is 5.92 Å². The van der Waals surface area contributed by atoms with Crippen LogP contribution in [0, 0.1) is 5.92 Å². The molecule has 1 aromatic heterocycles. The second-order valence-corrected chi connectivity index (χ2v) is 7.71. The molecule has 0 fully saturated rings. The molecule has 0 saturated carbocycles. The summed E-state index contributed by atoms with van der Waals surface area (Å²) in [6.45, 7) is 8.67. The van der Waals surface area contributed by atoms with Crippen LogP contribution in [0.1, 0.15) is 45.7 Å². The van der Waals surface area contributed by atoms with Crippen molar-refractivity contribution < 1.29 is 14.3 Å².